The molecule has 0 unspecified atom stereocenters. The van der Waals surface area contributed by atoms with Crippen LogP contribution in [0.5, 0.6) is 0 Å². The van der Waals surface area contributed by atoms with Gasteiger partial charge in [-0.25, -0.2) is 4.68 Å². The van der Waals surface area contributed by atoms with E-state index in [0.717, 1.165) is 24.7 Å². The van der Waals surface area contributed by atoms with Gasteiger partial charge in [-0.15, -0.1) is 5.10 Å². The zero-order chi connectivity index (χ0) is 10.8. The van der Waals surface area contributed by atoms with E-state index in [-0.39, 0.29) is 0 Å². The molecule has 0 atom stereocenters. The lowest BCUT2D eigenvalue weighted by Crippen LogP contribution is -2.16. The molecule has 1 aromatic rings. The fourth-order valence-electron chi connectivity index (χ4n) is 2.47. The molecule has 2 saturated carbocycles. The summed E-state index contributed by atoms with van der Waals surface area (Å²) in [7, 11) is 0. The van der Waals surface area contributed by atoms with Gasteiger partial charge in [-0.1, -0.05) is 18.1 Å². The first kappa shape index (κ1) is 10.3. The molecule has 2 aliphatic carbocycles. The van der Waals surface area contributed by atoms with E-state index in [2.05, 4.69) is 26.5 Å². The molecular weight excluding hydrogens is 200 g/mol. The highest BCUT2D eigenvalue weighted by Gasteiger charge is 2.21. The molecule has 3 rings (SSSR count). The standard InChI is InChI=1S/C12H20N4/c1-2-4-12(3-1)16-9-11(14-15-16)8-13-7-10-5-6-10/h9-10,12-13H,1-8H2. The maximum absolute atomic E-state index is 4.24. The summed E-state index contributed by atoms with van der Waals surface area (Å²) in [6, 6.07) is 0.615. The van der Waals surface area contributed by atoms with Gasteiger partial charge in [-0.3, -0.25) is 0 Å². The number of nitrogens with one attached hydrogen (secondary N) is 1. The highest BCUT2D eigenvalue weighted by atomic mass is 15.4. The molecule has 0 saturated heterocycles. The van der Waals surface area contributed by atoms with Crippen molar-refractivity contribution in [3.63, 3.8) is 0 Å². The van der Waals surface area contributed by atoms with Gasteiger partial charge in [-0.2, -0.15) is 0 Å². The number of hydrogen-bond donors (Lipinski definition) is 1. The summed E-state index contributed by atoms with van der Waals surface area (Å²) in [5.41, 5.74) is 1.09. The van der Waals surface area contributed by atoms with Gasteiger partial charge in [0.25, 0.3) is 0 Å². The Balaban J connectivity index is 1.50. The van der Waals surface area contributed by atoms with Gasteiger partial charge in [-0.05, 0) is 38.1 Å². The predicted octanol–water partition coefficient (Wildman–Crippen LogP) is 1.89. The first-order valence-electron chi connectivity index (χ1n) is 6.53. The molecule has 1 heterocycles. The lowest BCUT2D eigenvalue weighted by atomic mass is 10.2. The molecule has 0 radical (unpaired) electrons. The highest BCUT2D eigenvalue weighted by molar-refractivity contribution is 4.94. The van der Waals surface area contributed by atoms with Gasteiger partial charge in [0.2, 0.25) is 0 Å². The molecular formula is C12H20N4. The minimum absolute atomic E-state index is 0.615. The zero-order valence-electron chi connectivity index (χ0n) is 9.73. The molecule has 2 fully saturated rings. The largest absolute Gasteiger partial charge is 0.311 e. The summed E-state index contributed by atoms with van der Waals surface area (Å²) in [4.78, 5) is 0. The van der Waals surface area contributed by atoms with Gasteiger partial charge in [0.15, 0.2) is 0 Å². The average molecular weight is 220 g/mol. The summed E-state index contributed by atoms with van der Waals surface area (Å²) in [6.45, 7) is 2.03. The smallest absolute Gasteiger partial charge is 0.0964 e. The van der Waals surface area contributed by atoms with Crippen LogP contribution in [0.15, 0.2) is 6.20 Å². The molecule has 4 heteroatoms. The molecule has 0 amide bonds. The van der Waals surface area contributed by atoms with Crippen molar-refractivity contribution in [3.05, 3.63) is 11.9 Å². The van der Waals surface area contributed by atoms with Crippen LogP contribution in [-0.2, 0) is 6.54 Å². The van der Waals surface area contributed by atoms with Crippen LogP contribution in [-0.4, -0.2) is 21.5 Å². The lowest BCUT2D eigenvalue weighted by Gasteiger charge is -2.06. The average Bonchev–Trinajstić information content (AvgIpc) is 2.83. The number of rotatable bonds is 5. The van der Waals surface area contributed by atoms with Crippen LogP contribution in [0.25, 0.3) is 0 Å². The van der Waals surface area contributed by atoms with Crippen molar-refractivity contribution in [3.8, 4) is 0 Å². The Morgan fingerprint density at radius 1 is 1.25 bits per heavy atom. The Morgan fingerprint density at radius 2 is 2.06 bits per heavy atom. The third-order valence-corrected chi connectivity index (χ3v) is 3.69. The molecule has 0 spiro atoms. The van der Waals surface area contributed by atoms with E-state index < -0.39 is 0 Å². The molecule has 16 heavy (non-hydrogen) atoms. The van der Waals surface area contributed by atoms with Crippen molar-refractivity contribution in [2.45, 2.75) is 51.1 Å². The predicted molar refractivity (Wildman–Crippen MR) is 62.0 cm³/mol. The van der Waals surface area contributed by atoms with Crippen LogP contribution in [0, 0.1) is 5.92 Å². The third kappa shape index (κ3) is 2.43. The molecule has 0 bridgehead atoms. The van der Waals surface area contributed by atoms with E-state index in [4.69, 9.17) is 0 Å². The van der Waals surface area contributed by atoms with Crippen LogP contribution < -0.4 is 5.32 Å². The second kappa shape index (κ2) is 4.53. The van der Waals surface area contributed by atoms with Crippen molar-refractivity contribution in [2.24, 2.45) is 5.92 Å². The van der Waals surface area contributed by atoms with Crippen LogP contribution in [0.1, 0.15) is 50.3 Å². The maximum atomic E-state index is 4.24. The monoisotopic (exact) mass is 220 g/mol. The maximum Gasteiger partial charge on any atom is 0.0964 e. The Bertz CT molecular complexity index is 337. The normalized spacial score (nSPS) is 21.8. The summed E-state index contributed by atoms with van der Waals surface area (Å²) < 4.78 is 2.07. The molecule has 4 nitrogen and oxygen atoms in total. The van der Waals surface area contributed by atoms with Gasteiger partial charge >= 0.3 is 0 Å². The third-order valence-electron chi connectivity index (χ3n) is 3.69. The van der Waals surface area contributed by atoms with Crippen LogP contribution >= 0.6 is 0 Å². The fourth-order valence-corrected chi connectivity index (χ4v) is 2.47. The zero-order valence-corrected chi connectivity index (χ0v) is 9.73. The van der Waals surface area contributed by atoms with Gasteiger partial charge < -0.3 is 5.32 Å². The van der Waals surface area contributed by atoms with E-state index in [9.17, 15) is 0 Å². The molecule has 88 valence electrons. The van der Waals surface area contributed by atoms with Crippen molar-refractivity contribution in [2.75, 3.05) is 6.54 Å². The van der Waals surface area contributed by atoms with Gasteiger partial charge in [0.05, 0.1) is 17.9 Å². The Morgan fingerprint density at radius 3 is 2.81 bits per heavy atom. The Kier molecular flexibility index (Phi) is 2.91. The van der Waals surface area contributed by atoms with Crippen molar-refractivity contribution in [1.82, 2.24) is 20.3 Å². The Hall–Kier alpha value is -0.900. The summed E-state index contributed by atoms with van der Waals surface area (Å²) in [5, 5.41) is 11.9. The highest BCUT2D eigenvalue weighted by Crippen LogP contribution is 2.29. The Labute approximate surface area is 96.4 Å². The molecule has 2 aliphatic rings. The second-order valence-corrected chi connectivity index (χ2v) is 5.20. The first-order valence-corrected chi connectivity index (χ1v) is 6.53. The van der Waals surface area contributed by atoms with Crippen molar-refractivity contribution >= 4 is 0 Å². The lowest BCUT2D eigenvalue weighted by molar-refractivity contribution is 0.454. The quantitative estimate of drug-likeness (QED) is 0.824. The van der Waals surface area contributed by atoms with E-state index in [1.54, 1.807) is 0 Å². The van der Waals surface area contributed by atoms with Crippen molar-refractivity contribution < 1.29 is 0 Å². The summed E-state index contributed by atoms with van der Waals surface area (Å²) in [6.07, 6.45) is 10.2. The topological polar surface area (TPSA) is 42.7 Å². The second-order valence-electron chi connectivity index (χ2n) is 5.20. The number of aromatic nitrogens is 3. The van der Waals surface area contributed by atoms with E-state index in [1.165, 1.54) is 38.5 Å². The molecule has 1 aromatic heterocycles. The molecule has 0 aromatic carbocycles. The fraction of sp³-hybridized carbons (Fsp3) is 0.833. The van der Waals surface area contributed by atoms with Gasteiger partial charge in [0, 0.05) is 6.54 Å². The number of nitrogens with zero attached hydrogens (tertiary/aromatic N) is 3. The molecule has 1 N–H and O–H groups in total. The SMILES string of the molecule is c1c(CNCC2CC2)nnn1C1CCCC1. The van der Waals surface area contributed by atoms with Crippen LogP contribution in [0.3, 0.4) is 0 Å². The number of hydrogen-bond acceptors (Lipinski definition) is 3. The van der Waals surface area contributed by atoms with E-state index >= 15 is 0 Å². The van der Waals surface area contributed by atoms with Crippen LogP contribution in [0.4, 0.5) is 0 Å². The minimum atomic E-state index is 0.615. The van der Waals surface area contributed by atoms with E-state index in [0.29, 0.717) is 6.04 Å². The summed E-state index contributed by atoms with van der Waals surface area (Å²) >= 11 is 0. The summed E-state index contributed by atoms with van der Waals surface area (Å²) in [5.74, 6) is 0.935. The minimum Gasteiger partial charge on any atom is -0.311 e. The first-order chi connectivity index (χ1) is 7.92. The van der Waals surface area contributed by atoms with Gasteiger partial charge in [0.1, 0.15) is 0 Å². The molecule has 0 aliphatic heterocycles. The van der Waals surface area contributed by atoms with E-state index in [1.807, 2.05) is 0 Å². The van der Waals surface area contributed by atoms with Crippen molar-refractivity contribution in [1.29, 1.82) is 0 Å². The van der Waals surface area contributed by atoms with Crippen LogP contribution in [0.2, 0.25) is 0 Å².